The Morgan fingerprint density at radius 1 is 0.314 bits per heavy atom. The molecule has 3 nitrogen and oxygen atoms in total. The molecule has 0 spiro atoms. The van der Waals surface area contributed by atoms with Gasteiger partial charge in [-0.3, -0.25) is 15.0 Å². The van der Waals surface area contributed by atoms with E-state index < -0.39 is 0 Å². The van der Waals surface area contributed by atoms with Crippen molar-refractivity contribution in [1.82, 2.24) is 15.0 Å². The Morgan fingerprint density at radius 3 is 0.971 bits per heavy atom. The van der Waals surface area contributed by atoms with Gasteiger partial charge in [-0.1, -0.05) is 256 Å². The van der Waals surface area contributed by atoms with E-state index in [4.69, 9.17) is 0 Å². The third-order valence-corrected chi connectivity index (χ3v) is 10.8. The fourth-order valence-electron chi connectivity index (χ4n) is 4.80. The molecule has 0 saturated heterocycles. The Balaban J connectivity index is -0.000000168. The molecule has 0 amide bonds. The number of rotatable bonds is 0. The number of benzene rings is 1. The predicted octanol–water partition coefficient (Wildman–Crippen LogP) is 22.4. The minimum atomic E-state index is 0.182. The van der Waals surface area contributed by atoms with Gasteiger partial charge in [0, 0.05) is 47.0 Å². The van der Waals surface area contributed by atoms with Gasteiger partial charge in [0.2, 0.25) is 0 Å². The highest BCUT2D eigenvalue weighted by Gasteiger charge is 2.16. The van der Waals surface area contributed by atoms with Crippen LogP contribution in [0.5, 0.6) is 0 Å². The lowest BCUT2D eigenvalue weighted by molar-refractivity contribution is 0.569. The Hall–Kier alpha value is -3.93. The molecule has 6 aromatic rings. The number of hydrogen-bond acceptors (Lipinski definition) is 5. The number of pyridine rings is 3. The van der Waals surface area contributed by atoms with Crippen molar-refractivity contribution in [2.24, 2.45) is 0 Å². The van der Waals surface area contributed by atoms with Gasteiger partial charge in [0.25, 0.3) is 0 Å². The molecule has 0 unspecified atom stereocenters. The normalized spacial score (nSPS) is 10.1. The molecule has 70 heavy (non-hydrogen) atoms. The van der Waals surface area contributed by atoms with E-state index in [2.05, 4.69) is 229 Å². The summed E-state index contributed by atoms with van der Waals surface area (Å²) < 4.78 is 0. The van der Waals surface area contributed by atoms with Gasteiger partial charge in [0.1, 0.15) is 0 Å². The summed E-state index contributed by atoms with van der Waals surface area (Å²) in [6.07, 6.45) is 9.22. The van der Waals surface area contributed by atoms with Gasteiger partial charge in [-0.15, -0.1) is 11.3 Å². The Bertz CT molecular complexity index is 1620. The second-order valence-corrected chi connectivity index (χ2v) is 22.3. The molecule has 400 valence electrons. The lowest BCUT2D eigenvalue weighted by atomic mass is 9.87. The molecule has 0 N–H and O–H groups in total. The Morgan fingerprint density at radius 2 is 0.743 bits per heavy atom. The number of hydrogen-bond donors (Lipinski definition) is 0. The van der Waals surface area contributed by atoms with E-state index in [-0.39, 0.29) is 16.2 Å². The van der Waals surface area contributed by atoms with Crippen molar-refractivity contribution in [3.8, 4) is 0 Å². The van der Waals surface area contributed by atoms with E-state index in [1.807, 2.05) is 137 Å². The first kappa shape index (κ1) is 77.5. The number of aromatic nitrogens is 3. The number of thiophene rings is 2. The zero-order valence-corrected chi connectivity index (χ0v) is 53.1. The van der Waals surface area contributed by atoms with E-state index in [0.717, 1.165) is 5.69 Å². The molecule has 1 aromatic carbocycles. The van der Waals surface area contributed by atoms with E-state index in [0.29, 0.717) is 16.2 Å². The van der Waals surface area contributed by atoms with Gasteiger partial charge in [-0.2, -0.15) is 11.3 Å². The van der Waals surface area contributed by atoms with Crippen LogP contribution >= 0.6 is 22.7 Å². The smallest absolute Gasteiger partial charge is 0.0457 e. The van der Waals surface area contributed by atoms with E-state index in [1.54, 1.807) is 17.5 Å². The maximum atomic E-state index is 4.25. The summed E-state index contributed by atoms with van der Waals surface area (Å²) in [4.78, 5) is 13.7. The molecule has 0 fully saturated rings. The van der Waals surface area contributed by atoms with Crippen molar-refractivity contribution in [1.29, 1.82) is 0 Å². The fraction of sp³-hybridized carbons (Fsp3) is 0.554. The third kappa shape index (κ3) is 41.8. The molecule has 5 heterocycles. The van der Waals surface area contributed by atoms with Gasteiger partial charge in [-0.25, -0.2) is 0 Å². The van der Waals surface area contributed by atoms with E-state index in [9.17, 15) is 0 Å². The summed E-state index contributed by atoms with van der Waals surface area (Å²) in [5.41, 5.74) is 8.24. The van der Waals surface area contributed by atoms with E-state index in [1.165, 1.54) is 27.1 Å². The topological polar surface area (TPSA) is 38.7 Å². The molecule has 6 rings (SSSR count). The Labute approximate surface area is 446 Å². The van der Waals surface area contributed by atoms with Crippen molar-refractivity contribution < 1.29 is 0 Å². The molecule has 5 aromatic heterocycles. The maximum Gasteiger partial charge on any atom is 0.0457 e. The maximum absolute atomic E-state index is 4.25. The molecule has 5 heteroatoms. The summed E-state index contributed by atoms with van der Waals surface area (Å²) in [5.74, 6) is 0. The highest BCUT2D eigenvalue weighted by atomic mass is 32.1. The minimum Gasteiger partial charge on any atom is -0.265 e. The highest BCUT2D eigenvalue weighted by molar-refractivity contribution is 7.10. The Kier molecular flexibility index (Phi) is 48.5. The fourth-order valence-corrected chi connectivity index (χ4v) is 6.50. The van der Waals surface area contributed by atoms with Gasteiger partial charge in [0.15, 0.2) is 0 Å². The van der Waals surface area contributed by atoms with Gasteiger partial charge in [0.05, 0.1) is 0 Å². The average molecular weight is 1000 g/mol. The first-order chi connectivity index (χ1) is 32.6. The summed E-state index contributed by atoms with van der Waals surface area (Å²) in [5, 5.41) is 6.46. The predicted molar refractivity (Wildman–Crippen MR) is 328 cm³/mol. The lowest BCUT2D eigenvalue weighted by Gasteiger charge is -2.18. The van der Waals surface area contributed by atoms with Crippen molar-refractivity contribution >= 4 is 22.7 Å². The SMILES string of the molecule is CC.CC.CC.CC.CC.CC.CC(C)(C)c1ccccc1.CC(C)(C)c1ccccn1.CC(C)(C)c1cccnc1.CC(C)(C)c1cccs1.CC(C)(C)c1ccncc1.CC(C)(C)c1ccsc1. The van der Waals surface area contributed by atoms with Crippen LogP contribution in [0, 0.1) is 0 Å². The van der Waals surface area contributed by atoms with Crippen molar-refractivity contribution in [2.45, 2.75) is 240 Å². The zero-order valence-electron chi connectivity index (χ0n) is 51.4. The summed E-state index contributed by atoms with van der Waals surface area (Å²) in [6, 6.07) is 31.2. The van der Waals surface area contributed by atoms with Crippen molar-refractivity contribution in [3.05, 3.63) is 171 Å². The second-order valence-electron chi connectivity index (χ2n) is 20.5. The van der Waals surface area contributed by atoms with Crippen LogP contribution in [0.2, 0.25) is 0 Å². The van der Waals surface area contributed by atoms with Crippen LogP contribution in [-0.2, 0) is 32.5 Å². The lowest BCUT2D eigenvalue weighted by Crippen LogP contribution is -2.12. The van der Waals surface area contributed by atoms with Crippen LogP contribution in [0.4, 0.5) is 0 Å². The largest absolute Gasteiger partial charge is 0.265 e. The average Bonchev–Trinajstić information content (AvgIpc) is 4.12. The molecule has 0 aliphatic carbocycles. The third-order valence-electron chi connectivity index (χ3n) is 8.79. The molecule has 0 saturated carbocycles. The molecule has 0 bridgehead atoms. The molecular weight excluding hydrogens is 887 g/mol. The standard InChI is InChI=1S/C10H14.3C9H13N.2C8H12S.6C2H6/c1-10(2,3)9-7-5-4-6-8-9;1-9(2,3)8-4-6-10-7-5-8;1-9(2,3)8-5-4-6-10-7-8;1-9(2,3)8-6-4-5-7-10-8;1-8(2,3)7-4-5-9-6-7;1-8(2,3)7-5-4-6-9-7;6*1-2/h4-8H,1-3H3;3*4-7H,1-3H3;2*4-6H,1-3H3;6*1-2H3. The van der Waals surface area contributed by atoms with Gasteiger partial charge < -0.3 is 0 Å². The highest BCUT2D eigenvalue weighted by Crippen LogP contribution is 2.26. The molecule has 0 radical (unpaired) electrons. The van der Waals surface area contributed by atoms with Gasteiger partial charge >= 0.3 is 0 Å². The minimum absolute atomic E-state index is 0.182. The van der Waals surface area contributed by atoms with Crippen molar-refractivity contribution in [2.75, 3.05) is 0 Å². The molecule has 0 aliphatic heterocycles. The van der Waals surface area contributed by atoms with Crippen LogP contribution in [-0.4, -0.2) is 15.0 Å². The number of nitrogens with zero attached hydrogens (tertiary/aromatic N) is 3. The molecule has 0 aliphatic rings. The first-order valence-corrected chi connectivity index (χ1v) is 28.3. The van der Waals surface area contributed by atoms with Gasteiger partial charge in [-0.05, 0) is 108 Å². The van der Waals surface area contributed by atoms with E-state index >= 15 is 0 Å². The summed E-state index contributed by atoms with van der Waals surface area (Å²) in [7, 11) is 0. The molecular formula is C65H113N3S2. The van der Waals surface area contributed by atoms with Crippen LogP contribution in [0.3, 0.4) is 0 Å². The second kappa shape index (κ2) is 43.8. The van der Waals surface area contributed by atoms with Crippen LogP contribution in [0.1, 0.15) is 241 Å². The van der Waals surface area contributed by atoms with Crippen LogP contribution < -0.4 is 0 Å². The molecule has 0 atom stereocenters. The summed E-state index contributed by atoms with van der Waals surface area (Å²) in [6.45, 7) is 63.7. The quantitative estimate of drug-likeness (QED) is 0.152. The van der Waals surface area contributed by atoms with Crippen molar-refractivity contribution in [3.63, 3.8) is 0 Å². The summed E-state index contributed by atoms with van der Waals surface area (Å²) >= 11 is 3.60. The first-order valence-electron chi connectivity index (χ1n) is 26.5. The van der Waals surface area contributed by atoms with Crippen LogP contribution in [0.25, 0.3) is 0 Å². The zero-order chi connectivity index (χ0) is 56.3. The monoisotopic (exact) mass is 1000 g/mol. The van der Waals surface area contributed by atoms with Crippen LogP contribution in [0.15, 0.2) is 138 Å².